The molecule has 2 aromatic heterocycles. The van der Waals surface area contributed by atoms with Gasteiger partial charge in [0.25, 0.3) is 0 Å². The van der Waals surface area contributed by atoms with E-state index in [1.165, 1.54) is 20.5 Å². The van der Waals surface area contributed by atoms with Gasteiger partial charge in [-0.3, -0.25) is 0 Å². The Bertz CT molecular complexity index is 1430. The summed E-state index contributed by atoms with van der Waals surface area (Å²) in [6.07, 6.45) is 0. The normalized spacial score (nSPS) is 11.5. The molecule has 6 heteroatoms. The fourth-order valence-electron chi connectivity index (χ4n) is 4.11. The zero-order chi connectivity index (χ0) is 23.8. The van der Waals surface area contributed by atoms with Crippen LogP contribution in [0.4, 0.5) is 0 Å². The standard InChI is InChI=1S/C28H23Cl2NO2S/c1-16(2)28-21(27(31-33-28)26-22(29)8-6-9-23(26)30)15-32-19-11-12-20(17(3)13-19)25-14-18-7-4-5-10-24(18)34-25/h4-14,16H,15H2,1-3H3. The van der Waals surface area contributed by atoms with Gasteiger partial charge in [0.1, 0.15) is 23.8 Å². The maximum atomic E-state index is 6.46. The van der Waals surface area contributed by atoms with Crippen molar-refractivity contribution >= 4 is 44.6 Å². The molecule has 3 nitrogen and oxygen atoms in total. The number of benzene rings is 3. The number of aromatic nitrogens is 1. The Hall–Kier alpha value is -2.79. The second-order valence-corrected chi connectivity index (χ2v) is 10.4. The molecule has 0 bridgehead atoms. The summed E-state index contributed by atoms with van der Waals surface area (Å²) in [6.45, 7) is 6.54. The molecule has 172 valence electrons. The van der Waals surface area contributed by atoms with Crippen molar-refractivity contribution in [2.24, 2.45) is 0 Å². The van der Waals surface area contributed by atoms with Crippen molar-refractivity contribution in [3.63, 3.8) is 0 Å². The molecule has 0 saturated heterocycles. The minimum absolute atomic E-state index is 0.137. The van der Waals surface area contributed by atoms with Gasteiger partial charge in [-0.05, 0) is 65.9 Å². The van der Waals surface area contributed by atoms with E-state index in [0.717, 1.165) is 22.6 Å². The van der Waals surface area contributed by atoms with Crippen molar-refractivity contribution in [2.45, 2.75) is 33.3 Å². The van der Waals surface area contributed by atoms with Crippen molar-refractivity contribution in [3.8, 4) is 27.4 Å². The van der Waals surface area contributed by atoms with Crippen molar-refractivity contribution in [1.82, 2.24) is 5.16 Å². The molecule has 5 aromatic rings. The van der Waals surface area contributed by atoms with Crippen LogP contribution >= 0.6 is 34.5 Å². The Morgan fingerprint density at radius 2 is 1.74 bits per heavy atom. The highest BCUT2D eigenvalue weighted by atomic mass is 35.5. The van der Waals surface area contributed by atoms with Gasteiger partial charge < -0.3 is 9.26 Å². The molecule has 0 amide bonds. The highest BCUT2D eigenvalue weighted by Crippen LogP contribution is 2.39. The number of hydrogen-bond donors (Lipinski definition) is 0. The SMILES string of the molecule is Cc1cc(OCc2c(-c3c(Cl)cccc3Cl)noc2C(C)C)ccc1-c1cc2ccccc2s1. The molecule has 0 radical (unpaired) electrons. The molecule has 2 heterocycles. The number of hydrogen-bond acceptors (Lipinski definition) is 4. The Morgan fingerprint density at radius 1 is 0.971 bits per heavy atom. The van der Waals surface area contributed by atoms with E-state index < -0.39 is 0 Å². The molecule has 0 aliphatic carbocycles. The number of aryl methyl sites for hydroxylation is 1. The number of fused-ring (bicyclic) bond motifs is 1. The monoisotopic (exact) mass is 507 g/mol. The van der Waals surface area contributed by atoms with Crippen molar-refractivity contribution < 1.29 is 9.26 Å². The van der Waals surface area contributed by atoms with E-state index in [4.69, 9.17) is 32.5 Å². The molecule has 0 aliphatic rings. The average molecular weight is 508 g/mol. The lowest BCUT2D eigenvalue weighted by molar-refractivity contribution is 0.298. The van der Waals surface area contributed by atoms with Crippen LogP contribution < -0.4 is 4.74 Å². The number of ether oxygens (including phenoxy) is 1. The van der Waals surface area contributed by atoms with Crippen LogP contribution in [-0.4, -0.2) is 5.16 Å². The lowest BCUT2D eigenvalue weighted by Gasteiger charge is -2.12. The van der Waals surface area contributed by atoms with Gasteiger partial charge in [-0.25, -0.2) is 0 Å². The second kappa shape index (κ2) is 9.46. The lowest BCUT2D eigenvalue weighted by Crippen LogP contribution is -2.01. The second-order valence-electron chi connectivity index (χ2n) is 8.54. The van der Waals surface area contributed by atoms with Crippen LogP contribution in [0.3, 0.4) is 0 Å². The average Bonchev–Trinajstić information content (AvgIpc) is 3.42. The highest BCUT2D eigenvalue weighted by Gasteiger charge is 2.24. The number of thiophene rings is 1. The van der Waals surface area contributed by atoms with E-state index >= 15 is 0 Å². The summed E-state index contributed by atoms with van der Waals surface area (Å²) in [6, 6.07) is 22.3. The largest absolute Gasteiger partial charge is 0.489 e. The van der Waals surface area contributed by atoms with E-state index in [1.54, 1.807) is 23.5 Å². The Kier molecular flexibility index (Phi) is 6.39. The minimum Gasteiger partial charge on any atom is -0.489 e. The molecule has 34 heavy (non-hydrogen) atoms. The van der Waals surface area contributed by atoms with Gasteiger partial charge in [-0.15, -0.1) is 11.3 Å². The van der Waals surface area contributed by atoms with Crippen LogP contribution in [0.2, 0.25) is 10.0 Å². The van der Waals surface area contributed by atoms with Crippen molar-refractivity contribution in [2.75, 3.05) is 0 Å². The molecule has 5 rings (SSSR count). The van der Waals surface area contributed by atoms with Crippen LogP contribution in [0, 0.1) is 6.92 Å². The molecule has 0 saturated carbocycles. The quantitative estimate of drug-likeness (QED) is 0.229. The Balaban J connectivity index is 1.44. The molecular formula is C28H23Cl2NO2S. The van der Waals surface area contributed by atoms with E-state index in [2.05, 4.69) is 68.4 Å². The third-order valence-electron chi connectivity index (χ3n) is 5.81. The van der Waals surface area contributed by atoms with Gasteiger partial charge in [-0.1, -0.05) is 66.5 Å². The van der Waals surface area contributed by atoms with Crippen LogP contribution in [-0.2, 0) is 6.61 Å². The summed E-state index contributed by atoms with van der Waals surface area (Å²) < 4.78 is 13.2. The highest BCUT2D eigenvalue weighted by molar-refractivity contribution is 7.22. The van der Waals surface area contributed by atoms with Gasteiger partial charge in [0.05, 0.1) is 15.6 Å². The lowest BCUT2D eigenvalue weighted by atomic mass is 10.0. The predicted octanol–water partition coefficient (Wildman–Crippen LogP) is 9.54. The fraction of sp³-hybridized carbons (Fsp3) is 0.179. The van der Waals surface area contributed by atoms with Gasteiger partial charge >= 0.3 is 0 Å². The summed E-state index contributed by atoms with van der Waals surface area (Å²) in [7, 11) is 0. The number of halogens is 2. The van der Waals surface area contributed by atoms with Crippen molar-refractivity contribution in [1.29, 1.82) is 0 Å². The Morgan fingerprint density at radius 3 is 2.44 bits per heavy atom. The summed E-state index contributed by atoms with van der Waals surface area (Å²) in [5, 5.41) is 6.63. The first-order valence-electron chi connectivity index (χ1n) is 11.1. The van der Waals surface area contributed by atoms with Crippen molar-refractivity contribution in [3.05, 3.63) is 93.7 Å². The zero-order valence-electron chi connectivity index (χ0n) is 19.1. The van der Waals surface area contributed by atoms with Gasteiger partial charge in [0, 0.05) is 21.1 Å². The summed E-state index contributed by atoms with van der Waals surface area (Å²) in [5.74, 6) is 1.69. The van der Waals surface area contributed by atoms with E-state index in [1.807, 2.05) is 12.1 Å². The predicted molar refractivity (Wildman–Crippen MR) is 142 cm³/mol. The maximum Gasteiger partial charge on any atom is 0.146 e. The Labute approximate surface area is 212 Å². The minimum atomic E-state index is 0.137. The molecule has 0 unspecified atom stereocenters. The third kappa shape index (κ3) is 4.34. The molecule has 0 N–H and O–H groups in total. The van der Waals surface area contributed by atoms with Crippen LogP contribution in [0.5, 0.6) is 5.75 Å². The van der Waals surface area contributed by atoms with Crippen LogP contribution in [0.15, 0.2) is 71.3 Å². The van der Waals surface area contributed by atoms with E-state index in [-0.39, 0.29) is 5.92 Å². The molecule has 0 spiro atoms. The van der Waals surface area contributed by atoms with Gasteiger partial charge in [0.2, 0.25) is 0 Å². The first kappa shape index (κ1) is 23.0. The molecular weight excluding hydrogens is 485 g/mol. The third-order valence-corrected chi connectivity index (χ3v) is 7.59. The topological polar surface area (TPSA) is 35.3 Å². The van der Waals surface area contributed by atoms with Crippen LogP contribution in [0.1, 0.15) is 36.7 Å². The molecule has 0 aliphatic heterocycles. The molecule has 3 aromatic carbocycles. The molecule has 0 fully saturated rings. The fourth-order valence-corrected chi connectivity index (χ4v) is 5.84. The maximum absolute atomic E-state index is 6.46. The van der Waals surface area contributed by atoms with Crippen LogP contribution in [0.25, 0.3) is 31.8 Å². The first-order chi connectivity index (χ1) is 16.4. The number of rotatable bonds is 6. The summed E-state index contributed by atoms with van der Waals surface area (Å²) in [4.78, 5) is 1.25. The summed E-state index contributed by atoms with van der Waals surface area (Å²) >= 11 is 14.7. The molecule has 0 atom stereocenters. The van der Waals surface area contributed by atoms with Gasteiger partial charge in [-0.2, -0.15) is 0 Å². The summed E-state index contributed by atoms with van der Waals surface area (Å²) in [5.41, 5.74) is 4.52. The zero-order valence-corrected chi connectivity index (χ0v) is 21.4. The smallest absolute Gasteiger partial charge is 0.146 e. The van der Waals surface area contributed by atoms with E-state index in [9.17, 15) is 0 Å². The van der Waals surface area contributed by atoms with Gasteiger partial charge in [0.15, 0.2) is 0 Å². The first-order valence-corrected chi connectivity index (χ1v) is 12.6. The van der Waals surface area contributed by atoms with E-state index in [0.29, 0.717) is 27.9 Å². The number of nitrogens with zero attached hydrogens (tertiary/aromatic N) is 1.